The molecular formula is C23H29FN6O. The number of nitrogens with zero attached hydrogens (tertiary/aromatic N) is 6. The normalized spacial score (nSPS) is 16.2. The van der Waals surface area contributed by atoms with Gasteiger partial charge in [-0.3, -0.25) is 4.90 Å². The average Bonchev–Trinajstić information content (AvgIpc) is 3.25. The van der Waals surface area contributed by atoms with Crippen molar-refractivity contribution in [3.8, 4) is 11.4 Å². The lowest BCUT2D eigenvalue weighted by Gasteiger charge is -2.37. The Morgan fingerprint density at radius 3 is 2.39 bits per heavy atom. The maximum Gasteiger partial charge on any atom is 0.244 e. The van der Waals surface area contributed by atoms with Crippen LogP contribution in [-0.4, -0.2) is 51.2 Å². The Hall–Kier alpha value is -2.87. The first-order valence-corrected chi connectivity index (χ1v) is 10.8. The second-order valence-electron chi connectivity index (χ2n) is 8.50. The number of aromatic nitrogens is 4. The maximum absolute atomic E-state index is 13.5. The molecule has 1 saturated heterocycles. The largest absolute Gasteiger partial charge is 0.354 e. The summed E-state index contributed by atoms with van der Waals surface area (Å²) in [6, 6.07) is 6.91. The minimum Gasteiger partial charge on any atom is -0.354 e. The molecule has 1 aromatic carbocycles. The summed E-state index contributed by atoms with van der Waals surface area (Å²) in [6.45, 7) is 13.5. The summed E-state index contributed by atoms with van der Waals surface area (Å²) in [5.74, 6) is 3.01. The van der Waals surface area contributed by atoms with Gasteiger partial charge in [0, 0.05) is 49.4 Å². The van der Waals surface area contributed by atoms with E-state index in [-0.39, 0.29) is 11.9 Å². The van der Waals surface area contributed by atoms with Gasteiger partial charge in [0.25, 0.3) is 0 Å². The zero-order valence-electron chi connectivity index (χ0n) is 18.8. The van der Waals surface area contributed by atoms with E-state index < -0.39 is 0 Å². The molecule has 7 nitrogen and oxygen atoms in total. The van der Waals surface area contributed by atoms with E-state index in [2.05, 4.69) is 51.8 Å². The third-order valence-corrected chi connectivity index (χ3v) is 5.78. The minimum absolute atomic E-state index is 0.00306. The van der Waals surface area contributed by atoms with Crippen LogP contribution in [0.1, 0.15) is 55.7 Å². The molecule has 0 radical (unpaired) electrons. The van der Waals surface area contributed by atoms with E-state index in [1.807, 2.05) is 6.92 Å². The summed E-state index contributed by atoms with van der Waals surface area (Å²) in [4.78, 5) is 18.5. The van der Waals surface area contributed by atoms with Crippen molar-refractivity contribution in [2.45, 2.75) is 46.6 Å². The number of aryl methyl sites for hydroxylation is 2. The third-order valence-electron chi connectivity index (χ3n) is 5.78. The quantitative estimate of drug-likeness (QED) is 0.605. The van der Waals surface area contributed by atoms with Gasteiger partial charge in [-0.05, 0) is 44.5 Å². The molecule has 31 heavy (non-hydrogen) atoms. The molecule has 3 heterocycles. The molecule has 0 spiro atoms. The van der Waals surface area contributed by atoms with Crippen molar-refractivity contribution < 1.29 is 8.91 Å². The predicted octanol–water partition coefficient (Wildman–Crippen LogP) is 4.29. The van der Waals surface area contributed by atoms with Gasteiger partial charge in [-0.15, -0.1) is 0 Å². The molecule has 164 valence electrons. The molecule has 0 saturated carbocycles. The van der Waals surface area contributed by atoms with E-state index in [4.69, 9.17) is 9.51 Å². The Morgan fingerprint density at radius 2 is 1.71 bits per heavy atom. The zero-order chi connectivity index (χ0) is 22.1. The Bertz CT molecular complexity index is 1060. The fourth-order valence-electron chi connectivity index (χ4n) is 3.80. The molecule has 0 N–H and O–H groups in total. The van der Waals surface area contributed by atoms with Crippen molar-refractivity contribution in [1.29, 1.82) is 0 Å². The highest BCUT2D eigenvalue weighted by molar-refractivity contribution is 5.55. The van der Waals surface area contributed by atoms with Crippen LogP contribution in [0, 0.1) is 19.7 Å². The number of halogens is 1. The van der Waals surface area contributed by atoms with E-state index in [0.29, 0.717) is 23.2 Å². The van der Waals surface area contributed by atoms with E-state index in [1.165, 1.54) is 6.07 Å². The molecule has 1 fully saturated rings. The van der Waals surface area contributed by atoms with Gasteiger partial charge in [0.2, 0.25) is 11.7 Å². The van der Waals surface area contributed by atoms with Crippen molar-refractivity contribution in [3.05, 3.63) is 53.1 Å². The number of rotatable bonds is 5. The molecule has 3 aromatic rings. The van der Waals surface area contributed by atoms with Gasteiger partial charge in [0.1, 0.15) is 17.5 Å². The first-order chi connectivity index (χ1) is 14.8. The molecule has 2 aromatic heterocycles. The van der Waals surface area contributed by atoms with Crippen LogP contribution in [0.5, 0.6) is 0 Å². The van der Waals surface area contributed by atoms with Crippen molar-refractivity contribution in [2.75, 3.05) is 31.1 Å². The van der Waals surface area contributed by atoms with E-state index in [9.17, 15) is 4.39 Å². The first-order valence-electron chi connectivity index (χ1n) is 10.8. The van der Waals surface area contributed by atoms with Crippen molar-refractivity contribution >= 4 is 5.82 Å². The standard InChI is InChI=1S/C23H29FN6O/c1-14(2)21-25-16(4)13-20(26-21)30-10-8-29(9-11-30)17(5)23-27-22(28-31-23)18-6-7-19(24)15(3)12-18/h6-7,12-14,17H,8-11H2,1-5H3. The van der Waals surface area contributed by atoms with E-state index >= 15 is 0 Å². The Balaban J connectivity index is 1.42. The lowest BCUT2D eigenvalue weighted by Crippen LogP contribution is -2.47. The highest BCUT2D eigenvalue weighted by Gasteiger charge is 2.27. The second kappa shape index (κ2) is 8.70. The Morgan fingerprint density at radius 1 is 0.968 bits per heavy atom. The topological polar surface area (TPSA) is 71.2 Å². The van der Waals surface area contributed by atoms with E-state index in [1.54, 1.807) is 19.1 Å². The van der Waals surface area contributed by atoms with Crippen molar-refractivity contribution in [3.63, 3.8) is 0 Å². The summed E-state index contributed by atoms with van der Waals surface area (Å²) in [6.07, 6.45) is 0. The predicted molar refractivity (Wildman–Crippen MR) is 117 cm³/mol. The molecule has 0 amide bonds. The number of anilines is 1. The number of piperazine rings is 1. The Labute approximate surface area is 182 Å². The van der Waals surface area contributed by atoms with Crippen molar-refractivity contribution in [1.82, 2.24) is 25.0 Å². The van der Waals surface area contributed by atoms with Crippen LogP contribution in [0.2, 0.25) is 0 Å². The smallest absolute Gasteiger partial charge is 0.244 e. The highest BCUT2D eigenvalue weighted by Crippen LogP contribution is 2.26. The average molecular weight is 425 g/mol. The molecule has 1 aliphatic rings. The monoisotopic (exact) mass is 424 g/mol. The maximum atomic E-state index is 13.5. The second-order valence-corrected chi connectivity index (χ2v) is 8.50. The van der Waals surface area contributed by atoms with Gasteiger partial charge in [-0.1, -0.05) is 19.0 Å². The molecule has 1 unspecified atom stereocenters. The van der Waals surface area contributed by atoms with Gasteiger partial charge in [0.15, 0.2) is 0 Å². The number of hydrogen-bond donors (Lipinski definition) is 0. The Kier molecular flexibility index (Phi) is 6.00. The lowest BCUT2D eigenvalue weighted by molar-refractivity contribution is 0.164. The zero-order valence-corrected chi connectivity index (χ0v) is 18.8. The van der Waals surface area contributed by atoms with Crippen LogP contribution in [0.15, 0.2) is 28.8 Å². The van der Waals surface area contributed by atoms with Crippen LogP contribution in [-0.2, 0) is 0 Å². The molecule has 0 bridgehead atoms. The molecule has 4 rings (SSSR count). The van der Waals surface area contributed by atoms with Crippen LogP contribution < -0.4 is 4.90 Å². The number of benzene rings is 1. The minimum atomic E-state index is -0.238. The molecule has 0 aliphatic carbocycles. The fraction of sp³-hybridized carbons (Fsp3) is 0.478. The van der Waals surface area contributed by atoms with Crippen LogP contribution in [0.3, 0.4) is 0 Å². The van der Waals surface area contributed by atoms with Gasteiger partial charge in [-0.25, -0.2) is 14.4 Å². The van der Waals surface area contributed by atoms with Gasteiger partial charge < -0.3 is 9.42 Å². The lowest BCUT2D eigenvalue weighted by atomic mass is 10.1. The number of hydrogen-bond acceptors (Lipinski definition) is 7. The summed E-state index contributed by atoms with van der Waals surface area (Å²) < 4.78 is 19.1. The fourth-order valence-corrected chi connectivity index (χ4v) is 3.80. The third kappa shape index (κ3) is 4.58. The van der Waals surface area contributed by atoms with Crippen molar-refractivity contribution in [2.24, 2.45) is 0 Å². The SMILES string of the molecule is Cc1cc(N2CCN(C(C)c3nc(-c4ccc(F)c(C)c4)no3)CC2)nc(C(C)C)n1. The molecule has 1 aliphatic heterocycles. The van der Waals surface area contributed by atoms with Gasteiger partial charge in [0.05, 0.1) is 6.04 Å². The van der Waals surface area contributed by atoms with Crippen LogP contribution >= 0.6 is 0 Å². The summed E-state index contributed by atoms with van der Waals surface area (Å²) in [5.41, 5.74) is 2.32. The first kappa shape index (κ1) is 21.4. The summed E-state index contributed by atoms with van der Waals surface area (Å²) in [7, 11) is 0. The summed E-state index contributed by atoms with van der Waals surface area (Å²) in [5, 5.41) is 4.11. The van der Waals surface area contributed by atoms with Crippen LogP contribution in [0.25, 0.3) is 11.4 Å². The van der Waals surface area contributed by atoms with Crippen LogP contribution in [0.4, 0.5) is 10.2 Å². The van der Waals surface area contributed by atoms with E-state index in [0.717, 1.165) is 49.1 Å². The highest BCUT2D eigenvalue weighted by atomic mass is 19.1. The molecule has 1 atom stereocenters. The van der Waals surface area contributed by atoms with Gasteiger partial charge >= 0.3 is 0 Å². The molecular weight excluding hydrogens is 395 g/mol. The molecule has 8 heteroatoms. The summed E-state index contributed by atoms with van der Waals surface area (Å²) >= 11 is 0. The van der Waals surface area contributed by atoms with Gasteiger partial charge in [-0.2, -0.15) is 4.98 Å².